The molecule has 0 spiro atoms. The second-order valence-corrected chi connectivity index (χ2v) is 7.53. The zero-order valence-corrected chi connectivity index (χ0v) is 21.4. The summed E-state index contributed by atoms with van der Waals surface area (Å²) in [7, 11) is 0. The molecule has 0 saturated heterocycles. The highest BCUT2D eigenvalue weighted by Gasteiger charge is 2.26. The lowest BCUT2D eigenvalue weighted by molar-refractivity contribution is -0.306. The minimum absolute atomic E-state index is 0.0541. The van der Waals surface area contributed by atoms with Crippen LogP contribution in [-0.4, -0.2) is 81.0 Å². The summed E-state index contributed by atoms with van der Waals surface area (Å²) in [5, 5.41) is 17.9. The smallest absolute Gasteiger partial charge is 0.339 e. The molecule has 0 atom stereocenters. The van der Waals surface area contributed by atoms with Crippen LogP contribution in [0.2, 0.25) is 0 Å². The van der Waals surface area contributed by atoms with Gasteiger partial charge in [0.2, 0.25) is 0 Å². The summed E-state index contributed by atoms with van der Waals surface area (Å²) in [4.78, 5) is 57.9. The molecule has 1 aromatic carbocycles. The van der Waals surface area contributed by atoms with Gasteiger partial charge in [0.15, 0.2) is 0 Å². The molecule has 0 aliphatic heterocycles. The fourth-order valence-corrected chi connectivity index (χ4v) is 2.86. The van der Waals surface area contributed by atoms with E-state index in [0.717, 1.165) is 18.9 Å². The van der Waals surface area contributed by atoms with Crippen LogP contribution in [0.5, 0.6) is 0 Å². The van der Waals surface area contributed by atoms with Gasteiger partial charge in [-0.3, -0.25) is 0 Å². The average molecular weight is 541 g/mol. The molecule has 0 bridgehead atoms. The monoisotopic (exact) mass is 540 g/mol. The lowest BCUT2D eigenvalue weighted by Crippen LogP contribution is -2.20. The van der Waals surface area contributed by atoms with Crippen LogP contribution in [0, 0.1) is 0 Å². The van der Waals surface area contributed by atoms with Crippen molar-refractivity contribution in [1.29, 1.82) is 0 Å². The van der Waals surface area contributed by atoms with Gasteiger partial charge in [-0.25, -0.2) is 33.9 Å². The molecule has 2 N–H and O–H groups in total. The fourth-order valence-electron chi connectivity index (χ4n) is 2.86. The Morgan fingerprint density at radius 1 is 0.658 bits per heavy atom. The third-order valence-electron chi connectivity index (χ3n) is 4.61. The molecule has 1 rings (SSSR count). The molecule has 12 heteroatoms. The molecule has 1 aromatic rings. The summed E-state index contributed by atoms with van der Waals surface area (Å²) in [6.07, 6.45) is 5.71. The van der Waals surface area contributed by atoms with E-state index in [0.29, 0.717) is 12.8 Å². The normalized spacial score (nSPS) is 10.6. The molecule has 0 radical (unpaired) electrons. The highest BCUT2D eigenvalue weighted by molar-refractivity contribution is 6.05. The standard InChI is InChI=1S/C26H36O12/c1-3-5-6-7-12-32-24(29)21-18-23(26(31)34-15-9-27)22(17-20(21)19-38-37-16-10-28)25(30)33-13-8-14-36-35-11-4-2/h3-4,17-18,27-28H,1-2,5-16,19H2. The lowest BCUT2D eigenvalue weighted by atomic mass is 9.98. The quantitative estimate of drug-likeness (QED) is 0.0554. The number of hydrogen-bond donors (Lipinski definition) is 2. The average Bonchev–Trinajstić information content (AvgIpc) is 2.92. The summed E-state index contributed by atoms with van der Waals surface area (Å²) in [6.45, 7) is 6.06. The zero-order valence-electron chi connectivity index (χ0n) is 21.4. The molecule has 0 saturated carbocycles. The Hall–Kier alpha value is -3.13. The molecular weight excluding hydrogens is 504 g/mol. The summed E-state index contributed by atoms with van der Waals surface area (Å²) >= 11 is 0. The van der Waals surface area contributed by atoms with Crippen LogP contribution < -0.4 is 0 Å². The molecule has 0 aromatic heterocycles. The third kappa shape index (κ3) is 12.9. The first-order valence-corrected chi connectivity index (χ1v) is 12.1. The number of carbonyl (C=O) groups is 3. The van der Waals surface area contributed by atoms with Crippen molar-refractivity contribution in [2.24, 2.45) is 0 Å². The van der Waals surface area contributed by atoms with Crippen molar-refractivity contribution in [3.05, 3.63) is 59.7 Å². The van der Waals surface area contributed by atoms with Crippen molar-refractivity contribution in [3.63, 3.8) is 0 Å². The van der Waals surface area contributed by atoms with E-state index in [-0.39, 0.29) is 75.1 Å². The van der Waals surface area contributed by atoms with Crippen LogP contribution in [-0.2, 0) is 40.4 Å². The summed E-state index contributed by atoms with van der Waals surface area (Å²) < 4.78 is 15.6. The number of aliphatic hydroxyl groups is 2. The van der Waals surface area contributed by atoms with Gasteiger partial charge >= 0.3 is 17.9 Å². The molecule has 0 heterocycles. The predicted octanol–water partition coefficient (Wildman–Crippen LogP) is 2.47. The number of hydrogen-bond acceptors (Lipinski definition) is 12. The van der Waals surface area contributed by atoms with Crippen molar-refractivity contribution in [1.82, 2.24) is 0 Å². The van der Waals surface area contributed by atoms with Gasteiger partial charge in [0.25, 0.3) is 0 Å². The molecule has 0 fully saturated rings. The molecule has 0 unspecified atom stereocenters. The Kier molecular flexibility index (Phi) is 18.1. The number of unbranched alkanes of at least 4 members (excludes halogenated alkanes) is 2. The topological polar surface area (TPSA) is 156 Å². The zero-order chi connectivity index (χ0) is 28.0. The van der Waals surface area contributed by atoms with Gasteiger partial charge in [0.1, 0.15) is 26.4 Å². The predicted molar refractivity (Wildman–Crippen MR) is 133 cm³/mol. The summed E-state index contributed by atoms with van der Waals surface area (Å²) in [6, 6.07) is 2.40. The van der Waals surface area contributed by atoms with Crippen LogP contribution in [0.1, 0.15) is 62.3 Å². The van der Waals surface area contributed by atoms with E-state index < -0.39 is 24.5 Å². The van der Waals surface area contributed by atoms with Crippen LogP contribution >= 0.6 is 0 Å². The van der Waals surface area contributed by atoms with Gasteiger partial charge in [0.05, 0.1) is 49.7 Å². The number of rotatable bonds is 22. The maximum atomic E-state index is 12.9. The first-order valence-electron chi connectivity index (χ1n) is 12.1. The maximum absolute atomic E-state index is 12.9. The Balaban J connectivity index is 3.16. The SMILES string of the molecule is C=CCCCCOC(=O)c1cc(C(=O)OCCO)c(C(=O)OCCCOOCC=C)cc1COOCCO. The molecule has 0 aliphatic carbocycles. The second kappa shape index (κ2) is 20.9. The Morgan fingerprint density at radius 3 is 1.92 bits per heavy atom. The van der Waals surface area contributed by atoms with E-state index in [2.05, 4.69) is 13.2 Å². The molecule has 0 amide bonds. The third-order valence-corrected chi connectivity index (χ3v) is 4.61. The first-order chi connectivity index (χ1) is 18.5. The molecule has 0 aliphatic rings. The fraction of sp³-hybridized carbons (Fsp3) is 0.500. The van der Waals surface area contributed by atoms with Crippen molar-refractivity contribution in [2.75, 3.05) is 52.9 Å². The van der Waals surface area contributed by atoms with Crippen LogP contribution in [0.3, 0.4) is 0 Å². The van der Waals surface area contributed by atoms with Crippen molar-refractivity contribution in [3.8, 4) is 0 Å². The van der Waals surface area contributed by atoms with E-state index in [1.807, 2.05) is 0 Å². The van der Waals surface area contributed by atoms with Gasteiger partial charge in [0, 0.05) is 6.42 Å². The van der Waals surface area contributed by atoms with E-state index in [9.17, 15) is 14.4 Å². The van der Waals surface area contributed by atoms with E-state index in [1.54, 1.807) is 6.08 Å². The van der Waals surface area contributed by atoms with Gasteiger partial charge in [-0.1, -0.05) is 12.2 Å². The Morgan fingerprint density at radius 2 is 1.26 bits per heavy atom. The minimum Gasteiger partial charge on any atom is -0.462 e. The number of allylic oxidation sites excluding steroid dienone is 1. The highest BCUT2D eigenvalue weighted by atomic mass is 17.2. The lowest BCUT2D eigenvalue weighted by Gasteiger charge is -2.15. The molecule has 12 nitrogen and oxygen atoms in total. The van der Waals surface area contributed by atoms with Crippen molar-refractivity contribution < 1.29 is 58.4 Å². The van der Waals surface area contributed by atoms with Crippen molar-refractivity contribution in [2.45, 2.75) is 32.3 Å². The molecule has 38 heavy (non-hydrogen) atoms. The van der Waals surface area contributed by atoms with Gasteiger partial charge in [-0.15, -0.1) is 13.2 Å². The summed E-state index contributed by atoms with van der Waals surface area (Å²) in [5.74, 6) is -2.57. The Labute approximate surface area is 221 Å². The Bertz CT molecular complexity index is 883. The summed E-state index contributed by atoms with van der Waals surface area (Å²) in [5.41, 5.74) is -0.333. The maximum Gasteiger partial charge on any atom is 0.339 e. The number of esters is 3. The van der Waals surface area contributed by atoms with Crippen LogP contribution in [0.4, 0.5) is 0 Å². The number of ether oxygens (including phenoxy) is 3. The number of carbonyl (C=O) groups excluding carboxylic acids is 3. The van der Waals surface area contributed by atoms with E-state index >= 15 is 0 Å². The van der Waals surface area contributed by atoms with Gasteiger partial charge < -0.3 is 24.4 Å². The van der Waals surface area contributed by atoms with Crippen LogP contribution in [0.25, 0.3) is 0 Å². The largest absolute Gasteiger partial charge is 0.462 e. The number of benzene rings is 1. The van der Waals surface area contributed by atoms with Gasteiger partial charge in [-0.2, -0.15) is 0 Å². The highest BCUT2D eigenvalue weighted by Crippen LogP contribution is 2.22. The first kappa shape index (κ1) is 32.9. The molecule has 212 valence electrons. The van der Waals surface area contributed by atoms with Crippen LogP contribution in [0.15, 0.2) is 37.4 Å². The second-order valence-electron chi connectivity index (χ2n) is 7.53. The van der Waals surface area contributed by atoms with E-state index in [4.69, 9.17) is 44.0 Å². The number of aliphatic hydroxyl groups excluding tert-OH is 2. The van der Waals surface area contributed by atoms with Gasteiger partial charge in [-0.05, 0) is 37.0 Å². The molecular formula is C26H36O12. The minimum atomic E-state index is -0.948. The van der Waals surface area contributed by atoms with Crippen molar-refractivity contribution >= 4 is 17.9 Å². The van der Waals surface area contributed by atoms with E-state index in [1.165, 1.54) is 12.1 Å².